The fourth-order valence-corrected chi connectivity index (χ4v) is 2.80. The zero-order chi connectivity index (χ0) is 19.6. The molecule has 0 radical (unpaired) electrons. The van der Waals surface area contributed by atoms with Crippen LogP contribution in [0.2, 0.25) is 0 Å². The molecule has 0 aliphatic carbocycles. The van der Waals surface area contributed by atoms with Crippen LogP contribution in [0.25, 0.3) is 0 Å². The molecule has 1 N–H and O–H groups in total. The van der Waals surface area contributed by atoms with Gasteiger partial charge in [0.05, 0.1) is 6.10 Å². The minimum absolute atomic E-state index is 0.0558. The molecule has 4 heteroatoms. The molecular weight excluding hydrogens is 338 g/mol. The SMILES string of the molecule is CC[C@@H](Oc1cccc(C)c1)C(=O)NCCCc1ccc(OC(C)C)cc1. The van der Waals surface area contributed by atoms with E-state index >= 15 is 0 Å². The zero-order valence-electron chi connectivity index (χ0n) is 16.8. The molecule has 0 heterocycles. The second-order valence-electron chi connectivity index (χ2n) is 7.04. The quantitative estimate of drug-likeness (QED) is 0.618. The number of rotatable bonds is 10. The number of ether oxygens (including phenoxy) is 2. The summed E-state index contributed by atoms with van der Waals surface area (Å²) in [6.07, 6.45) is 2.16. The van der Waals surface area contributed by atoms with Crippen molar-refractivity contribution in [1.29, 1.82) is 0 Å². The van der Waals surface area contributed by atoms with E-state index < -0.39 is 6.10 Å². The lowest BCUT2D eigenvalue weighted by molar-refractivity contribution is -0.128. The van der Waals surface area contributed by atoms with Gasteiger partial charge in [0, 0.05) is 6.54 Å². The Morgan fingerprint density at radius 2 is 1.78 bits per heavy atom. The van der Waals surface area contributed by atoms with Crippen LogP contribution in [0.1, 0.15) is 44.7 Å². The second-order valence-corrected chi connectivity index (χ2v) is 7.04. The van der Waals surface area contributed by atoms with Crippen molar-refractivity contribution in [1.82, 2.24) is 5.32 Å². The van der Waals surface area contributed by atoms with E-state index in [1.807, 2.05) is 64.1 Å². The maximum atomic E-state index is 12.4. The highest BCUT2D eigenvalue weighted by Gasteiger charge is 2.17. The first kappa shape index (κ1) is 20.8. The highest BCUT2D eigenvalue weighted by atomic mass is 16.5. The summed E-state index contributed by atoms with van der Waals surface area (Å²) in [5.74, 6) is 1.57. The van der Waals surface area contributed by atoms with Crippen molar-refractivity contribution >= 4 is 5.91 Å². The van der Waals surface area contributed by atoms with Gasteiger partial charge in [-0.25, -0.2) is 0 Å². The van der Waals surface area contributed by atoms with Crippen LogP contribution < -0.4 is 14.8 Å². The van der Waals surface area contributed by atoms with E-state index in [0.717, 1.165) is 29.9 Å². The molecule has 146 valence electrons. The van der Waals surface area contributed by atoms with Crippen molar-refractivity contribution in [2.75, 3.05) is 6.54 Å². The van der Waals surface area contributed by atoms with Crippen molar-refractivity contribution in [3.05, 3.63) is 59.7 Å². The normalized spacial score (nSPS) is 11.9. The van der Waals surface area contributed by atoms with Crippen LogP contribution in [0.3, 0.4) is 0 Å². The van der Waals surface area contributed by atoms with Gasteiger partial charge in [0.1, 0.15) is 11.5 Å². The van der Waals surface area contributed by atoms with Gasteiger partial charge in [-0.3, -0.25) is 4.79 Å². The smallest absolute Gasteiger partial charge is 0.261 e. The van der Waals surface area contributed by atoms with Crippen LogP contribution in [0.15, 0.2) is 48.5 Å². The van der Waals surface area contributed by atoms with Gasteiger partial charge in [-0.2, -0.15) is 0 Å². The summed E-state index contributed by atoms with van der Waals surface area (Å²) in [4.78, 5) is 12.4. The van der Waals surface area contributed by atoms with Crippen LogP contribution in [0, 0.1) is 6.92 Å². The third-order valence-electron chi connectivity index (χ3n) is 4.17. The molecule has 2 aromatic carbocycles. The first-order chi connectivity index (χ1) is 13.0. The van der Waals surface area contributed by atoms with Gasteiger partial charge < -0.3 is 14.8 Å². The molecule has 1 amide bonds. The summed E-state index contributed by atoms with van der Waals surface area (Å²) < 4.78 is 11.5. The van der Waals surface area contributed by atoms with Crippen LogP contribution in [0.5, 0.6) is 11.5 Å². The molecule has 2 aromatic rings. The lowest BCUT2D eigenvalue weighted by atomic mass is 10.1. The molecule has 0 saturated carbocycles. The van der Waals surface area contributed by atoms with Crippen molar-refractivity contribution in [2.24, 2.45) is 0 Å². The minimum Gasteiger partial charge on any atom is -0.491 e. The Bertz CT molecular complexity index is 710. The van der Waals surface area contributed by atoms with E-state index in [0.29, 0.717) is 13.0 Å². The van der Waals surface area contributed by atoms with E-state index in [1.165, 1.54) is 5.56 Å². The van der Waals surface area contributed by atoms with Crippen LogP contribution >= 0.6 is 0 Å². The maximum absolute atomic E-state index is 12.4. The van der Waals surface area contributed by atoms with Crippen molar-refractivity contribution in [3.8, 4) is 11.5 Å². The first-order valence-electron chi connectivity index (χ1n) is 9.74. The van der Waals surface area contributed by atoms with E-state index in [-0.39, 0.29) is 12.0 Å². The van der Waals surface area contributed by atoms with Gasteiger partial charge in [-0.05, 0) is 75.4 Å². The molecule has 0 aliphatic rings. The van der Waals surface area contributed by atoms with E-state index in [1.54, 1.807) is 0 Å². The second kappa shape index (κ2) is 10.6. The minimum atomic E-state index is -0.459. The van der Waals surface area contributed by atoms with Crippen molar-refractivity contribution in [3.63, 3.8) is 0 Å². The molecule has 0 aromatic heterocycles. The predicted molar refractivity (Wildman–Crippen MR) is 109 cm³/mol. The Labute approximate surface area is 162 Å². The monoisotopic (exact) mass is 369 g/mol. The largest absolute Gasteiger partial charge is 0.491 e. The first-order valence-corrected chi connectivity index (χ1v) is 9.74. The number of amides is 1. The Morgan fingerprint density at radius 1 is 1.04 bits per heavy atom. The van der Waals surface area contributed by atoms with Gasteiger partial charge in [0.25, 0.3) is 5.91 Å². The fraction of sp³-hybridized carbons (Fsp3) is 0.435. The van der Waals surface area contributed by atoms with Crippen molar-refractivity contribution in [2.45, 2.75) is 59.2 Å². The Morgan fingerprint density at radius 3 is 2.41 bits per heavy atom. The average molecular weight is 370 g/mol. The van der Waals surface area contributed by atoms with Gasteiger partial charge in [0.15, 0.2) is 6.10 Å². The summed E-state index contributed by atoms with van der Waals surface area (Å²) in [5, 5.41) is 2.99. The molecule has 0 unspecified atom stereocenters. The van der Waals surface area contributed by atoms with Crippen LogP contribution in [-0.4, -0.2) is 24.7 Å². The Balaban J connectivity index is 1.74. The molecule has 1 atom stereocenters. The van der Waals surface area contributed by atoms with Crippen LogP contribution in [-0.2, 0) is 11.2 Å². The summed E-state index contributed by atoms with van der Waals surface area (Å²) >= 11 is 0. The number of hydrogen-bond acceptors (Lipinski definition) is 3. The Kier molecular flexibility index (Phi) is 8.18. The lowest BCUT2D eigenvalue weighted by Crippen LogP contribution is -2.38. The summed E-state index contributed by atoms with van der Waals surface area (Å²) in [6.45, 7) is 8.64. The topological polar surface area (TPSA) is 47.6 Å². The number of aryl methyl sites for hydroxylation is 2. The number of hydrogen-bond donors (Lipinski definition) is 1. The molecule has 4 nitrogen and oxygen atoms in total. The van der Waals surface area contributed by atoms with Gasteiger partial charge in [-0.15, -0.1) is 0 Å². The maximum Gasteiger partial charge on any atom is 0.261 e. The lowest BCUT2D eigenvalue weighted by Gasteiger charge is -2.17. The number of carbonyl (C=O) groups excluding carboxylic acids is 1. The number of benzene rings is 2. The summed E-state index contributed by atoms with van der Waals surface area (Å²) in [7, 11) is 0. The van der Waals surface area contributed by atoms with E-state index in [2.05, 4.69) is 17.4 Å². The highest BCUT2D eigenvalue weighted by Crippen LogP contribution is 2.16. The standard InChI is InChI=1S/C23H31NO3/c1-5-22(27-21-10-6-8-18(4)16-21)23(25)24-15-7-9-19-11-13-20(14-12-19)26-17(2)3/h6,8,10-14,16-17,22H,5,7,9,15H2,1-4H3,(H,24,25)/t22-/m1/s1. The van der Waals surface area contributed by atoms with Gasteiger partial charge in [-0.1, -0.05) is 31.2 Å². The van der Waals surface area contributed by atoms with Gasteiger partial charge >= 0.3 is 0 Å². The molecule has 27 heavy (non-hydrogen) atoms. The molecule has 0 spiro atoms. The molecule has 0 bridgehead atoms. The summed E-state index contributed by atoms with van der Waals surface area (Å²) in [6, 6.07) is 15.9. The average Bonchev–Trinajstić information content (AvgIpc) is 2.64. The molecule has 2 rings (SSSR count). The third kappa shape index (κ3) is 7.33. The summed E-state index contributed by atoms with van der Waals surface area (Å²) in [5.41, 5.74) is 2.36. The molecule has 0 fully saturated rings. The van der Waals surface area contributed by atoms with E-state index in [9.17, 15) is 4.79 Å². The van der Waals surface area contributed by atoms with Crippen molar-refractivity contribution < 1.29 is 14.3 Å². The molecular formula is C23H31NO3. The number of nitrogens with one attached hydrogen (secondary N) is 1. The molecule has 0 saturated heterocycles. The van der Waals surface area contributed by atoms with E-state index in [4.69, 9.17) is 9.47 Å². The molecule has 0 aliphatic heterocycles. The van der Waals surface area contributed by atoms with Gasteiger partial charge in [0.2, 0.25) is 0 Å². The number of carbonyl (C=O) groups is 1. The zero-order valence-corrected chi connectivity index (χ0v) is 16.8. The van der Waals surface area contributed by atoms with Crippen LogP contribution in [0.4, 0.5) is 0 Å². The highest BCUT2D eigenvalue weighted by molar-refractivity contribution is 5.81. The Hall–Kier alpha value is -2.49. The fourth-order valence-electron chi connectivity index (χ4n) is 2.80. The predicted octanol–water partition coefficient (Wildman–Crippen LogP) is 4.69. The third-order valence-corrected chi connectivity index (χ3v) is 4.17.